The van der Waals surface area contributed by atoms with Gasteiger partial charge in [-0.15, -0.1) is 0 Å². The quantitative estimate of drug-likeness (QED) is 0.0262. The van der Waals surface area contributed by atoms with Crippen LogP contribution in [0.3, 0.4) is 0 Å². The van der Waals surface area contributed by atoms with Crippen LogP contribution in [-0.4, -0.2) is 37.2 Å². The summed E-state index contributed by atoms with van der Waals surface area (Å²) in [4.78, 5) is 37.9. The maximum Gasteiger partial charge on any atom is 0.306 e. The van der Waals surface area contributed by atoms with Gasteiger partial charge in [-0.3, -0.25) is 14.4 Å². The van der Waals surface area contributed by atoms with E-state index in [0.717, 1.165) is 64.2 Å². The van der Waals surface area contributed by atoms with Gasteiger partial charge < -0.3 is 14.2 Å². The molecule has 0 aromatic heterocycles. The van der Waals surface area contributed by atoms with Gasteiger partial charge in [-0.2, -0.15) is 0 Å². The fourth-order valence-electron chi connectivity index (χ4n) is 8.29. The van der Waals surface area contributed by atoms with Crippen molar-refractivity contribution in [3.63, 3.8) is 0 Å². The Morgan fingerprint density at radius 3 is 0.862 bits per heavy atom. The molecule has 0 saturated carbocycles. The smallest absolute Gasteiger partial charge is 0.306 e. The molecule has 0 rings (SSSR count). The molecule has 0 aromatic carbocycles. The summed E-state index contributed by atoms with van der Waals surface area (Å²) < 4.78 is 16.8. The minimum Gasteiger partial charge on any atom is -0.462 e. The molecule has 1 atom stereocenters. The van der Waals surface area contributed by atoms with Crippen LogP contribution < -0.4 is 0 Å². The van der Waals surface area contributed by atoms with Crippen LogP contribution in [0.4, 0.5) is 0 Å². The van der Waals surface area contributed by atoms with E-state index in [2.05, 4.69) is 57.2 Å². The number of ether oxygens (including phenoxy) is 3. The van der Waals surface area contributed by atoms with Gasteiger partial charge in [-0.25, -0.2) is 0 Å². The van der Waals surface area contributed by atoms with Crippen LogP contribution >= 0.6 is 0 Å². The van der Waals surface area contributed by atoms with Crippen LogP contribution in [0, 0.1) is 0 Å². The summed E-state index contributed by atoms with van der Waals surface area (Å²) in [5.74, 6) is -0.875. The molecule has 0 spiro atoms. The van der Waals surface area contributed by atoms with Crippen molar-refractivity contribution >= 4 is 17.9 Å². The van der Waals surface area contributed by atoms with Crippen molar-refractivity contribution < 1.29 is 28.6 Å². The topological polar surface area (TPSA) is 78.9 Å². The van der Waals surface area contributed by atoms with E-state index in [1.807, 2.05) is 0 Å². The Morgan fingerprint density at radius 2 is 0.554 bits per heavy atom. The number of carbonyl (C=O) groups is 3. The summed E-state index contributed by atoms with van der Waals surface area (Å²) in [5.41, 5.74) is 0. The van der Waals surface area contributed by atoms with Gasteiger partial charge in [0, 0.05) is 19.3 Å². The molecule has 6 nitrogen and oxygen atoms in total. The summed E-state index contributed by atoms with van der Waals surface area (Å²) in [7, 11) is 0. The van der Waals surface area contributed by atoms with Crippen molar-refractivity contribution in [2.45, 2.75) is 309 Å². The van der Waals surface area contributed by atoms with Crippen molar-refractivity contribution in [1.29, 1.82) is 0 Å². The first-order valence-electron chi connectivity index (χ1n) is 28.5. The van der Waals surface area contributed by atoms with E-state index in [9.17, 15) is 14.4 Å². The largest absolute Gasteiger partial charge is 0.462 e. The number of hydrogen-bond acceptors (Lipinski definition) is 6. The molecular weight excluding hydrogens is 805 g/mol. The second-order valence-electron chi connectivity index (χ2n) is 19.2. The van der Waals surface area contributed by atoms with E-state index in [1.165, 1.54) is 199 Å². The van der Waals surface area contributed by atoms with Crippen molar-refractivity contribution in [3.05, 3.63) is 36.5 Å². The molecule has 0 saturated heterocycles. The van der Waals surface area contributed by atoms with Crippen LogP contribution in [0.1, 0.15) is 303 Å². The molecule has 0 aromatic rings. The van der Waals surface area contributed by atoms with Gasteiger partial charge in [0.15, 0.2) is 6.10 Å². The Hall–Kier alpha value is -2.37. The SMILES string of the molecule is CCCCCCC/C=C\C/C=C\CCCCCCCCCCCCCC(=O)OCC(COC(=O)CCCCCCCC)OC(=O)CCCCCCCCC/C=C\CCCCCCCCC. The molecular formula is C59H108O6. The monoisotopic (exact) mass is 913 g/mol. The average Bonchev–Trinajstić information content (AvgIpc) is 3.30. The van der Waals surface area contributed by atoms with E-state index in [-0.39, 0.29) is 31.1 Å². The molecule has 0 amide bonds. The number of hydrogen-bond donors (Lipinski definition) is 0. The zero-order chi connectivity index (χ0) is 47.2. The van der Waals surface area contributed by atoms with E-state index < -0.39 is 6.10 Å². The van der Waals surface area contributed by atoms with Crippen molar-refractivity contribution in [2.75, 3.05) is 13.2 Å². The van der Waals surface area contributed by atoms with Crippen molar-refractivity contribution in [1.82, 2.24) is 0 Å². The lowest BCUT2D eigenvalue weighted by atomic mass is 10.0. The Balaban J connectivity index is 4.13. The van der Waals surface area contributed by atoms with Crippen LogP contribution in [-0.2, 0) is 28.6 Å². The van der Waals surface area contributed by atoms with Gasteiger partial charge in [0.25, 0.3) is 0 Å². The highest BCUT2D eigenvalue weighted by Crippen LogP contribution is 2.16. The van der Waals surface area contributed by atoms with Crippen LogP contribution in [0.25, 0.3) is 0 Å². The number of allylic oxidation sites excluding steroid dienone is 6. The summed E-state index contributed by atoms with van der Waals surface area (Å²) in [5, 5.41) is 0. The fraction of sp³-hybridized carbons (Fsp3) is 0.847. The molecule has 380 valence electrons. The maximum absolute atomic E-state index is 12.8. The fourth-order valence-corrected chi connectivity index (χ4v) is 8.29. The molecule has 0 N–H and O–H groups in total. The molecule has 0 radical (unpaired) electrons. The highest BCUT2D eigenvalue weighted by atomic mass is 16.6. The zero-order valence-electron chi connectivity index (χ0n) is 43.5. The summed E-state index contributed by atoms with van der Waals surface area (Å²) in [6, 6.07) is 0. The van der Waals surface area contributed by atoms with Gasteiger partial charge in [-0.05, 0) is 77.0 Å². The molecule has 0 aliphatic heterocycles. The maximum atomic E-state index is 12.8. The second kappa shape index (κ2) is 54.2. The highest BCUT2D eigenvalue weighted by Gasteiger charge is 2.19. The summed E-state index contributed by atoms with van der Waals surface area (Å²) in [6.07, 6.45) is 64.5. The first-order valence-corrected chi connectivity index (χ1v) is 28.5. The third kappa shape index (κ3) is 52.5. The molecule has 0 aliphatic carbocycles. The lowest BCUT2D eigenvalue weighted by molar-refractivity contribution is -0.167. The first-order chi connectivity index (χ1) is 32.0. The van der Waals surface area contributed by atoms with Crippen LogP contribution in [0.2, 0.25) is 0 Å². The van der Waals surface area contributed by atoms with Gasteiger partial charge in [0.05, 0.1) is 0 Å². The van der Waals surface area contributed by atoms with E-state index in [4.69, 9.17) is 14.2 Å². The number of unbranched alkanes of at least 4 members (excludes halogenated alkanes) is 35. The normalized spacial score (nSPS) is 12.2. The first kappa shape index (κ1) is 62.6. The van der Waals surface area contributed by atoms with Crippen molar-refractivity contribution in [3.8, 4) is 0 Å². The van der Waals surface area contributed by atoms with E-state index >= 15 is 0 Å². The Bertz CT molecular complexity index is 1090. The highest BCUT2D eigenvalue weighted by molar-refractivity contribution is 5.71. The standard InChI is InChI=1S/C59H108O6/c1-4-7-10-13-16-18-20-22-24-26-28-29-30-31-32-34-35-37-39-41-43-46-49-52-58(61)64-55-56(54-63-57(60)51-48-45-15-12-9-6-3)65-59(62)53-50-47-44-42-40-38-36-33-27-25-23-21-19-17-14-11-8-5-2/h20,22,25-28,56H,4-19,21,23-24,29-55H2,1-3H3/b22-20-,27-25-,28-26-. The minimum atomic E-state index is -0.770. The van der Waals surface area contributed by atoms with Gasteiger partial charge in [0.1, 0.15) is 13.2 Å². The third-order valence-corrected chi connectivity index (χ3v) is 12.6. The number of rotatable bonds is 52. The Labute approximate surface area is 404 Å². The minimum absolute atomic E-state index is 0.0726. The third-order valence-electron chi connectivity index (χ3n) is 12.6. The van der Waals surface area contributed by atoms with Gasteiger partial charge in [-0.1, -0.05) is 243 Å². The van der Waals surface area contributed by atoms with Crippen molar-refractivity contribution in [2.24, 2.45) is 0 Å². The lowest BCUT2D eigenvalue weighted by Gasteiger charge is -2.18. The van der Waals surface area contributed by atoms with E-state index in [0.29, 0.717) is 19.3 Å². The molecule has 0 aliphatic rings. The Kier molecular flexibility index (Phi) is 52.3. The Morgan fingerprint density at radius 1 is 0.308 bits per heavy atom. The molecule has 65 heavy (non-hydrogen) atoms. The molecule has 0 fully saturated rings. The summed E-state index contributed by atoms with van der Waals surface area (Å²) >= 11 is 0. The van der Waals surface area contributed by atoms with E-state index in [1.54, 1.807) is 0 Å². The summed E-state index contributed by atoms with van der Waals surface area (Å²) in [6.45, 7) is 6.59. The molecule has 6 heteroatoms. The molecule has 1 unspecified atom stereocenters. The predicted octanol–water partition coefficient (Wildman–Crippen LogP) is 18.9. The molecule has 0 heterocycles. The van der Waals surface area contributed by atoms with Crippen LogP contribution in [0.15, 0.2) is 36.5 Å². The molecule has 0 bridgehead atoms. The predicted molar refractivity (Wildman–Crippen MR) is 279 cm³/mol. The van der Waals surface area contributed by atoms with Gasteiger partial charge in [0.2, 0.25) is 0 Å². The number of carbonyl (C=O) groups excluding carboxylic acids is 3. The second-order valence-corrected chi connectivity index (χ2v) is 19.2. The van der Waals surface area contributed by atoms with Crippen LogP contribution in [0.5, 0.6) is 0 Å². The average molecular weight is 914 g/mol. The van der Waals surface area contributed by atoms with Gasteiger partial charge >= 0.3 is 17.9 Å². The zero-order valence-corrected chi connectivity index (χ0v) is 43.5. The number of esters is 3. The lowest BCUT2D eigenvalue weighted by Crippen LogP contribution is -2.30.